The van der Waals surface area contributed by atoms with Crippen molar-refractivity contribution in [2.45, 2.75) is 26.4 Å². The molecule has 0 aliphatic rings. The van der Waals surface area contributed by atoms with E-state index >= 15 is 0 Å². The molecule has 0 saturated heterocycles. The van der Waals surface area contributed by atoms with Gasteiger partial charge in [-0.3, -0.25) is 14.1 Å². The zero-order valence-corrected chi connectivity index (χ0v) is 9.84. The Morgan fingerprint density at radius 3 is 2.82 bits per heavy atom. The predicted octanol–water partition coefficient (Wildman–Crippen LogP) is 1.09. The average molecular weight is 232 g/mol. The molecule has 2 aromatic rings. The maximum Gasteiger partial charge on any atom is 0.328 e. The van der Waals surface area contributed by atoms with Crippen molar-refractivity contribution in [3.05, 3.63) is 46.9 Å². The smallest absolute Gasteiger partial charge is 0.328 e. The van der Waals surface area contributed by atoms with Crippen LogP contribution in [0.1, 0.15) is 19.0 Å². The minimum Gasteiger partial charge on any atom is -0.399 e. The lowest BCUT2D eigenvalue weighted by Gasteiger charge is -2.02. The highest BCUT2D eigenvalue weighted by atomic mass is 16.1. The van der Waals surface area contributed by atoms with Crippen LogP contribution in [0.3, 0.4) is 0 Å². The first-order valence-electron chi connectivity index (χ1n) is 5.66. The molecule has 2 heterocycles. The first-order valence-corrected chi connectivity index (χ1v) is 5.66. The van der Waals surface area contributed by atoms with E-state index in [1.807, 2.05) is 6.92 Å². The second kappa shape index (κ2) is 4.86. The van der Waals surface area contributed by atoms with Crippen molar-refractivity contribution < 1.29 is 0 Å². The Kier molecular flexibility index (Phi) is 3.27. The average Bonchev–Trinajstić information content (AvgIpc) is 2.62. The topological polar surface area (TPSA) is 65.8 Å². The van der Waals surface area contributed by atoms with Crippen LogP contribution < -0.4 is 11.4 Å². The van der Waals surface area contributed by atoms with Gasteiger partial charge < -0.3 is 5.73 Å². The van der Waals surface area contributed by atoms with E-state index in [-0.39, 0.29) is 5.69 Å². The highest BCUT2D eigenvalue weighted by Gasteiger charge is 2.04. The molecule has 0 unspecified atom stereocenters. The van der Waals surface area contributed by atoms with Crippen LogP contribution in [0.5, 0.6) is 0 Å². The summed E-state index contributed by atoms with van der Waals surface area (Å²) in [4.78, 5) is 16.1. The summed E-state index contributed by atoms with van der Waals surface area (Å²) in [7, 11) is 0. The van der Waals surface area contributed by atoms with Gasteiger partial charge in [-0.25, -0.2) is 4.79 Å². The van der Waals surface area contributed by atoms with Crippen molar-refractivity contribution in [2.75, 3.05) is 5.73 Å². The van der Waals surface area contributed by atoms with E-state index in [0.717, 1.165) is 18.7 Å². The summed E-state index contributed by atoms with van der Waals surface area (Å²) in [5, 5.41) is 0. The van der Waals surface area contributed by atoms with Crippen molar-refractivity contribution in [1.82, 2.24) is 14.1 Å². The van der Waals surface area contributed by atoms with Gasteiger partial charge in [0.25, 0.3) is 0 Å². The van der Waals surface area contributed by atoms with Crippen LogP contribution >= 0.6 is 0 Å². The number of imidazole rings is 1. The lowest BCUT2D eigenvalue weighted by atomic mass is 10.3. The molecule has 0 fully saturated rings. The highest BCUT2D eigenvalue weighted by molar-refractivity contribution is 5.37. The lowest BCUT2D eigenvalue weighted by molar-refractivity contribution is 0.621. The van der Waals surface area contributed by atoms with E-state index in [4.69, 9.17) is 5.73 Å². The van der Waals surface area contributed by atoms with Gasteiger partial charge in [-0.05, 0) is 18.6 Å². The number of aromatic nitrogens is 3. The molecule has 0 aliphatic heterocycles. The van der Waals surface area contributed by atoms with Crippen LogP contribution in [0.2, 0.25) is 0 Å². The van der Waals surface area contributed by atoms with Crippen molar-refractivity contribution in [2.24, 2.45) is 0 Å². The number of anilines is 1. The first kappa shape index (κ1) is 11.4. The largest absolute Gasteiger partial charge is 0.399 e. The van der Waals surface area contributed by atoms with Crippen LogP contribution in [-0.4, -0.2) is 14.1 Å². The second-order valence-electron chi connectivity index (χ2n) is 3.98. The van der Waals surface area contributed by atoms with Crippen molar-refractivity contribution in [1.29, 1.82) is 0 Å². The molecular weight excluding hydrogens is 216 g/mol. The number of nitrogen functional groups attached to an aromatic ring is 1. The molecule has 17 heavy (non-hydrogen) atoms. The summed E-state index contributed by atoms with van der Waals surface area (Å²) < 4.78 is 3.34. The Morgan fingerprint density at radius 1 is 1.35 bits per heavy atom. The zero-order chi connectivity index (χ0) is 12.3. The second-order valence-corrected chi connectivity index (χ2v) is 3.98. The van der Waals surface area contributed by atoms with Gasteiger partial charge in [0, 0.05) is 30.8 Å². The Morgan fingerprint density at radius 2 is 2.12 bits per heavy atom. The van der Waals surface area contributed by atoms with Crippen LogP contribution in [0, 0.1) is 0 Å². The summed E-state index contributed by atoms with van der Waals surface area (Å²) >= 11 is 0. The van der Waals surface area contributed by atoms with Gasteiger partial charge in [-0.15, -0.1) is 0 Å². The summed E-state index contributed by atoms with van der Waals surface area (Å²) in [6, 6.07) is 3.51. The maximum absolute atomic E-state index is 11.9. The van der Waals surface area contributed by atoms with Crippen molar-refractivity contribution in [3.63, 3.8) is 0 Å². The number of pyridine rings is 1. The van der Waals surface area contributed by atoms with Gasteiger partial charge in [0.15, 0.2) is 0 Å². The number of rotatable bonds is 4. The van der Waals surface area contributed by atoms with E-state index in [0.29, 0.717) is 12.2 Å². The van der Waals surface area contributed by atoms with Crippen LogP contribution in [-0.2, 0) is 13.1 Å². The number of aryl methyl sites for hydroxylation is 1. The molecule has 0 radical (unpaired) electrons. The minimum absolute atomic E-state index is 0.00363. The van der Waals surface area contributed by atoms with E-state index < -0.39 is 0 Å². The molecule has 0 spiro atoms. The van der Waals surface area contributed by atoms with Crippen LogP contribution in [0.25, 0.3) is 0 Å². The molecule has 90 valence electrons. The van der Waals surface area contributed by atoms with Crippen LogP contribution in [0.15, 0.2) is 35.5 Å². The molecule has 0 aromatic carbocycles. The predicted molar refractivity (Wildman–Crippen MR) is 66.7 cm³/mol. The summed E-state index contributed by atoms with van der Waals surface area (Å²) in [6.45, 7) is 3.25. The van der Waals surface area contributed by atoms with E-state index in [1.54, 1.807) is 39.9 Å². The normalized spacial score (nSPS) is 10.6. The van der Waals surface area contributed by atoms with Gasteiger partial charge in [0.1, 0.15) is 0 Å². The molecule has 0 saturated carbocycles. The minimum atomic E-state index is -0.00363. The SMILES string of the molecule is CCCn1ccn(Cc2cc(N)ccn2)c1=O. The molecule has 2 rings (SSSR count). The number of nitrogens with two attached hydrogens (primary N) is 1. The van der Waals surface area contributed by atoms with Gasteiger partial charge in [-0.2, -0.15) is 0 Å². The number of hydrogen-bond donors (Lipinski definition) is 1. The fourth-order valence-corrected chi connectivity index (χ4v) is 1.74. The molecule has 0 amide bonds. The summed E-state index contributed by atoms with van der Waals surface area (Å²) in [5.74, 6) is 0. The maximum atomic E-state index is 11.9. The van der Waals surface area contributed by atoms with E-state index in [2.05, 4.69) is 4.98 Å². The fraction of sp³-hybridized carbons (Fsp3) is 0.333. The molecule has 0 bridgehead atoms. The van der Waals surface area contributed by atoms with Gasteiger partial charge in [0.05, 0.1) is 12.2 Å². The monoisotopic (exact) mass is 232 g/mol. The lowest BCUT2D eigenvalue weighted by Crippen LogP contribution is -2.24. The molecule has 5 nitrogen and oxygen atoms in total. The number of nitrogens with zero attached hydrogens (tertiary/aromatic N) is 3. The Bertz CT molecular complexity index is 556. The Balaban J connectivity index is 2.22. The van der Waals surface area contributed by atoms with Gasteiger partial charge in [0.2, 0.25) is 0 Å². The summed E-state index contributed by atoms with van der Waals surface area (Å²) in [5.41, 5.74) is 7.12. The molecule has 0 aliphatic carbocycles. The number of hydrogen-bond acceptors (Lipinski definition) is 3. The Hall–Kier alpha value is -2.04. The molecular formula is C12H16N4O. The van der Waals surface area contributed by atoms with Crippen molar-refractivity contribution in [3.8, 4) is 0 Å². The third kappa shape index (κ3) is 2.55. The molecule has 5 heteroatoms. The van der Waals surface area contributed by atoms with E-state index in [9.17, 15) is 4.79 Å². The quantitative estimate of drug-likeness (QED) is 0.858. The standard InChI is InChI=1S/C12H16N4O/c1-2-5-15-6-7-16(12(15)17)9-11-8-10(13)3-4-14-11/h3-4,6-8H,2,5,9H2,1H3,(H2,13,14). The van der Waals surface area contributed by atoms with Crippen molar-refractivity contribution >= 4 is 5.69 Å². The first-order chi connectivity index (χ1) is 8.20. The Labute approximate surface area is 99.5 Å². The third-order valence-corrected chi connectivity index (χ3v) is 2.56. The van der Waals surface area contributed by atoms with Crippen LogP contribution in [0.4, 0.5) is 5.69 Å². The molecule has 2 N–H and O–H groups in total. The molecule has 0 atom stereocenters. The van der Waals surface area contributed by atoms with E-state index in [1.165, 1.54) is 0 Å². The van der Waals surface area contributed by atoms with Gasteiger partial charge in [-0.1, -0.05) is 6.92 Å². The highest BCUT2D eigenvalue weighted by Crippen LogP contribution is 2.04. The molecule has 2 aromatic heterocycles. The zero-order valence-electron chi connectivity index (χ0n) is 9.84. The fourth-order valence-electron chi connectivity index (χ4n) is 1.74. The third-order valence-electron chi connectivity index (χ3n) is 2.56. The van der Waals surface area contributed by atoms with Gasteiger partial charge >= 0.3 is 5.69 Å². The summed E-state index contributed by atoms with van der Waals surface area (Å²) in [6.07, 6.45) is 6.18.